The van der Waals surface area contributed by atoms with Gasteiger partial charge in [-0.15, -0.1) is 0 Å². The van der Waals surface area contributed by atoms with E-state index in [9.17, 15) is 18.4 Å². The zero-order valence-corrected chi connectivity index (χ0v) is 26.7. The lowest BCUT2D eigenvalue weighted by atomic mass is 9.94. The Morgan fingerprint density at radius 1 is 1.07 bits per heavy atom. The average Bonchev–Trinajstić information content (AvgIpc) is 3.39. The van der Waals surface area contributed by atoms with E-state index in [0.717, 1.165) is 24.7 Å². The SMILES string of the molecule is CC(=O)N1C(Cc2cc(F)cc(F)c2)C(C2CC(Oc3cccc(CCC(C)C)c3)CN2C(=O)OC(C)(C)C)OC1(C)C. The molecule has 7 nitrogen and oxygen atoms in total. The highest BCUT2D eigenvalue weighted by Gasteiger charge is 2.55. The molecule has 2 fully saturated rings. The molecule has 4 unspecified atom stereocenters. The van der Waals surface area contributed by atoms with Gasteiger partial charge in [-0.1, -0.05) is 26.0 Å². The van der Waals surface area contributed by atoms with E-state index < -0.39 is 47.2 Å². The average molecular weight is 601 g/mol. The molecule has 2 aliphatic heterocycles. The summed E-state index contributed by atoms with van der Waals surface area (Å²) in [6, 6.07) is 10.3. The number of amides is 2. The number of nitrogens with zero attached hydrogens (tertiary/aromatic N) is 2. The van der Waals surface area contributed by atoms with Crippen molar-refractivity contribution in [1.82, 2.24) is 9.80 Å². The van der Waals surface area contributed by atoms with Crippen molar-refractivity contribution in [2.45, 2.75) is 117 Å². The van der Waals surface area contributed by atoms with Crippen molar-refractivity contribution < 1.29 is 32.6 Å². The number of likely N-dealkylation sites (tertiary alicyclic amines) is 1. The number of hydrogen-bond donors (Lipinski definition) is 0. The first-order chi connectivity index (χ1) is 20.0. The molecule has 2 amide bonds. The van der Waals surface area contributed by atoms with Crippen molar-refractivity contribution in [3.8, 4) is 5.75 Å². The van der Waals surface area contributed by atoms with Gasteiger partial charge in [-0.2, -0.15) is 0 Å². The van der Waals surface area contributed by atoms with Gasteiger partial charge in [0.15, 0.2) is 0 Å². The van der Waals surface area contributed by atoms with Crippen LogP contribution >= 0.6 is 0 Å². The summed E-state index contributed by atoms with van der Waals surface area (Å²) >= 11 is 0. The van der Waals surface area contributed by atoms with E-state index in [2.05, 4.69) is 19.9 Å². The van der Waals surface area contributed by atoms with Gasteiger partial charge < -0.3 is 19.1 Å². The van der Waals surface area contributed by atoms with Gasteiger partial charge in [-0.25, -0.2) is 13.6 Å². The lowest BCUT2D eigenvalue weighted by Crippen LogP contribution is -2.52. The highest BCUT2D eigenvalue weighted by atomic mass is 19.1. The molecule has 2 heterocycles. The predicted molar refractivity (Wildman–Crippen MR) is 161 cm³/mol. The van der Waals surface area contributed by atoms with E-state index in [0.29, 0.717) is 17.9 Å². The number of carbonyl (C=O) groups excluding carboxylic acids is 2. The van der Waals surface area contributed by atoms with Crippen molar-refractivity contribution in [2.24, 2.45) is 5.92 Å². The lowest BCUT2D eigenvalue weighted by Gasteiger charge is -2.34. The third kappa shape index (κ3) is 8.25. The molecule has 2 aromatic rings. The van der Waals surface area contributed by atoms with Gasteiger partial charge in [0.2, 0.25) is 5.91 Å². The molecule has 236 valence electrons. The highest BCUT2D eigenvalue weighted by molar-refractivity contribution is 5.75. The number of carbonyl (C=O) groups is 2. The number of rotatable bonds is 8. The van der Waals surface area contributed by atoms with Gasteiger partial charge in [0.1, 0.15) is 40.9 Å². The fourth-order valence-corrected chi connectivity index (χ4v) is 6.32. The van der Waals surface area contributed by atoms with Crippen LogP contribution in [0.4, 0.5) is 13.6 Å². The molecule has 2 saturated heterocycles. The van der Waals surface area contributed by atoms with Crippen LogP contribution in [0, 0.1) is 17.6 Å². The second-order valence-electron chi connectivity index (χ2n) is 13.7. The Kier molecular flexibility index (Phi) is 9.74. The predicted octanol–water partition coefficient (Wildman–Crippen LogP) is 6.90. The molecule has 2 aromatic carbocycles. The Hall–Kier alpha value is -3.20. The molecule has 0 saturated carbocycles. The molecule has 0 radical (unpaired) electrons. The van der Waals surface area contributed by atoms with Gasteiger partial charge in [-0.3, -0.25) is 9.69 Å². The van der Waals surface area contributed by atoms with Crippen molar-refractivity contribution in [3.63, 3.8) is 0 Å². The Bertz CT molecular complexity index is 1290. The normalized spacial score (nSPS) is 23.6. The minimum absolute atomic E-state index is 0.143. The number of hydrogen-bond acceptors (Lipinski definition) is 5. The van der Waals surface area contributed by atoms with E-state index in [1.54, 1.807) is 44.4 Å². The zero-order valence-electron chi connectivity index (χ0n) is 26.7. The highest BCUT2D eigenvalue weighted by Crippen LogP contribution is 2.40. The first kappa shape index (κ1) is 32.7. The molecule has 4 rings (SSSR count). The number of aryl methyl sites for hydroxylation is 1. The zero-order chi connectivity index (χ0) is 31.7. The van der Waals surface area contributed by atoms with Crippen LogP contribution in [-0.4, -0.2) is 64.0 Å². The molecule has 0 spiro atoms. The summed E-state index contributed by atoms with van der Waals surface area (Å²) in [4.78, 5) is 29.8. The Morgan fingerprint density at radius 3 is 2.35 bits per heavy atom. The topological polar surface area (TPSA) is 68.3 Å². The van der Waals surface area contributed by atoms with Crippen LogP contribution in [0.15, 0.2) is 42.5 Å². The number of halogens is 2. The quantitative estimate of drug-likeness (QED) is 0.330. The van der Waals surface area contributed by atoms with Gasteiger partial charge in [0.05, 0.1) is 18.6 Å². The molecule has 2 aliphatic rings. The first-order valence-corrected chi connectivity index (χ1v) is 15.2. The standard InChI is InChI=1S/C34H46F2N2O5/c1-21(2)12-13-23-10-9-11-27(16-23)41-28-19-29(37(20-28)32(40)43-33(4,5)6)31-30(38(22(3)39)34(7,8)42-31)17-24-14-25(35)18-26(36)15-24/h9-11,14-16,18,21,28-31H,12-13,17,19-20H2,1-8H3. The molecule has 0 aromatic heterocycles. The second-order valence-corrected chi connectivity index (χ2v) is 13.7. The Labute approximate surface area is 254 Å². The Balaban J connectivity index is 1.66. The molecular weight excluding hydrogens is 554 g/mol. The summed E-state index contributed by atoms with van der Waals surface area (Å²) in [7, 11) is 0. The molecule has 0 bridgehead atoms. The van der Waals surface area contributed by atoms with Crippen LogP contribution in [0.25, 0.3) is 0 Å². The van der Waals surface area contributed by atoms with Crippen LogP contribution in [0.3, 0.4) is 0 Å². The summed E-state index contributed by atoms with van der Waals surface area (Å²) in [6.07, 6.45) is 1.06. The summed E-state index contributed by atoms with van der Waals surface area (Å²) in [5.74, 6) is -0.313. The number of benzene rings is 2. The summed E-state index contributed by atoms with van der Waals surface area (Å²) in [5, 5.41) is 0. The van der Waals surface area contributed by atoms with E-state index in [4.69, 9.17) is 14.2 Å². The molecule has 9 heteroatoms. The smallest absolute Gasteiger partial charge is 0.410 e. The van der Waals surface area contributed by atoms with Crippen LogP contribution in [-0.2, 0) is 27.1 Å². The maximum absolute atomic E-state index is 14.2. The molecule has 0 aliphatic carbocycles. The third-order valence-electron chi connectivity index (χ3n) is 7.95. The van der Waals surface area contributed by atoms with Crippen molar-refractivity contribution >= 4 is 12.0 Å². The maximum atomic E-state index is 14.2. The number of ether oxygens (including phenoxy) is 3. The van der Waals surface area contributed by atoms with Gasteiger partial charge >= 0.3 is 6.09 Å². The van der Waals surface area contributed by atoms with Crippen LogP contribution in [0.5, 0.6) is 5.75 Å². The molecular formula is C34H46F2N2O5. The largest absolute Gasteiger partial charge is 0.488 e. The van der Waals surface area contributed by atoms with Crippen molar-refractivity contribution in [2.75, 3.05) is 6.54 Å². The fourth-order valence-electron chi connectivity index (χ4n) is 6.32. The fraction of sp³-hybridized carbons (Fsp3) is 0.588. The van der Waals surface area contributed by atoms with E-state index in [1.165, 1.54) is 24.6 Å². The third-order valence-corrected chi connectivity index (χ3v) is 7.95. The maximum Gasteiger partial charge on any atom is 0.410 e. The van der Waals surface area contributed by atoms with E-state index in [1.807, 2.05) is 18.2 Å². The molecule has 4 atom stereocenters. The van der Waals surface area contributed by atoms with Gasteiger partial charge in [0.25, 0.3) is 0 Å². The lowest BCUT2D eigenvalue weighted by molar-refractivity contribution is -0.145. The minimum atomic E-state index is -1.02. The second kappa shape index (κ2) is 12.8. The van der Waals surface area contributed by atoms with Crippen LogP contribution < -0.4 is 4.74 Å². The summed E-state index contributed by atoms with van der Waals surface area (Å²) in [5.41, 5.74) is -0.167. The summed E-state index contributed by atoms with van der Waals surface area (Å²) in [6.45, 7) is 15.1. The monoisotopic (exact) mass is 600 g/mol. The first-order valence-electron chi connectivity index (χ1n) is 15.2. The van der Waals surface area contributed by atoms with Gasteiger partial charge in [0, 0.05) is 19.4 Å². The van der Waals surface area contributed by atoms with E-state index in [-0.39, 0.29) is 25.0 Å². The Morgan fingerprint density at radius 2 is 1.74 bits per heavy atom. The van der Waals surface area contributed by atoms with E-state index >= 15 is 0 Å². The van der Waals surface area contributed by atoms with Gasteiger partial charge in [-0.05, 0) is 95.2 Å². The summed E-state index contributed by atoms with van der Waals surface area (Å²) < 4.78 is 47.1. The molecule has 0 N–H and O–H groups in total. The van der Waals surface area contributed by atoms with Crippen molar-refractivity contribution in [3.05, 3.63) is 65.2 Å². The minimum Gasteiger partial charge on any atom is -0.488 e. The van der Waals surface area contributed by atoms with Crippen molar-refractivity contribution in [1.29, 1.82) is 0 Å². The van der Waals surface area contributed by atoms with Crippen LogP contribution in [0.1, 0.15) is 79.4 Å². The van der Waals surface area contributed by atoms with Crippen LogP contribution in [0.2, 0.25) is 0 Å². The molecule has 43 heavy (non-hydrogen) atoms.